The van der Waals surface area contributed by atoms with E-state index in [1.54, 1.807) is 19.1 Å². The van der Waals surface area contributed by atoms with Gasteiger partial charge in [-0.05, 0) is 42.8 Å². The SMILES string of the molecule is CCOC(=O)c1cc(-c2ccc(P)cc2F)c2c(n1)OC(CC(F)(F)F)CC2. The minimum atomic E-state index is -4.38. The maximum atomic E-state index is 14.5. The molecule has 1 aromatic heterocycles. The lowest BCUT2D eigenvalue weighted by Crippen LogP contribution is -2.30. The van der Waals surface area contributed by atoms with E-state index in [0.717, 1.165) is 0 Å². The number of carbonyl (C=O) groups is 1. The Morgan fingerprint density at radius 2 is 2.07 bits per heavy atom. The Kier molecular flexibility index (Phi) is 5.89. The molecule has 0 radical (unpaired) electrons. The van der Waals surface area contributed by atoms with Gasteiger partial charge in [-0.15, -0.1) is 9.24 Å². The second kappa shape index (κ2) is 8.03. The Morgan fingerprint density at radius 3 is 2.71 bits per heavy atom. The summed E-state index contributed by atoms with van der Waals surface area (Å²) in [4.78, 5) is 16.2. The third-order valence-electron chi connectivity index (χ3n) is 4.31. The molecule has 0 N–H and O–H groups in total. The topological polar surface area (TPSA) is 48.4 Å². The molecule has 1 aromatic carbocycles. The number of rotatable bonds is 4. The number of alkyl halides is 3. The van der Waals surface area contributed by atoms with Crippen LogP contribution in [0, 0.1) is 5.82 Å². The first-order valence-electron chi connectivity index (χ1n) is 8.67. The van der Waals surface area contributed by atoms with Crippen LogP contribution >= 0.6 is 9.24 Å². The van der Waals surface area contributed by atoms with Crippen LogP contribution in [0.2, 0.25) is 0 Å². The Bertz CT molecular complexity index is 901. The van der Waals surface area contributed by atoms with E-state index in [9.17, 15) is 22.4 Å². The number of fused-ring (bicyclic) bond motifs is 1. The van der Waals surface area contributed by atoms with Crippen molar-refractivity contribution in [3.05, 3.63) is 41.3 Å². The van der Waals surface area contributed by atoms with Gasteiger partial charge in [0.15, 0.2) is 5.69 Å². The average Bonchev–Trinajstić information content (AvgIpc) is 2.59. The van der Waals surface area contributed by atoms with E-state index in [1.165, 1.54) is 12.1 Å². The predicted octanol–water partition coefficient (Wildman–Crippen LogP) is 4.21. The predicted molar refractivity (Wildman–Crippen MR) is 98.3 cm³/mol. The Morgan fingerprint density at radius 1 is 1.32 bits per heavy atom. The molecule has 0 saturated carbocycles. The summed E-state index contributed by atoms with van der Waals surface area (Å²) in [5.41, 5.74) is 0.911. The van der Waals surface area contributed by atoms with E-state index < -0.39 is 30.5 Å². The summed E-state index contributed by atoms with van der Waals surface area (Å²) in [5.74, 6) is -1.36. The Hall–Kier alpha value is -2.21. The molecule has 4 nitrogen and oxygen atoms in total. The van der Waals surface area contributed by atoms with E-state index in [4.69, 9.17) is 9.47 Å². The lowest BCUT2D eigenvalue weighted by molar-refractivity contribution is -0.152. The summed E-state index contributed by atoms with van der Waals surface area (Å²) in [5, 5.41) is 0.635. The molecule has 0 bridgehead atoms. The van der Waals surface area contributed by atoms with Crippen LogP contribution in [0.25, 0.3) is 11.1 Å². The number of halogens is 4. The minimum Gasteiger partial charge on any atom is -0.474 e. The number of benzene rings is 1. The van der Waals surface area contributed by atoms with E-state index in [0.29, 0.717) is 16.4 Å². The fourth-order valence-electron chi connectivity index (χ4n) is 3.11. The molecule has 3 rings (SSSR count). The van der Waals surface area contributed by atoms with Crippen molar-refractivity contribution in [1.29, 1.82) is 0 Å². The van der Waals surface area contributed by atoms with Crippen molar-refractivity contribution in [3.8, 4) is 17.0 Å². The molecular formula is C19H18F4NO3P. The van der Waals surface area contributed by atoms with E-state index in [1.807, 2.05) is 0 Å². The Labute approximate surface area is 161 Å². The number of hydrogen-bond acceptors (Lipinski definition) is 4. The number of aromatic nitrogens is 1. The van der Waals surface area contributed by atoms with Crippen molar-refractivity contribution in [2.45, 2.75) is 38.5 Å². The molecule has 0 spiro atoms. The summed E-state index contributed by atoms with van der Waals surface area (Å²) in [6.45, 7) is 1.71. The number of pyridine rings is 1. The normalized spacial score (nSPS) is 16.3. The second-order valence-electron chi connectivity index (χ2n) is 6.40. The van der Waals surface area contributed by atoms with Gasteiger partial charge in [0.2, 0.25) is 5.88 Å². The summed E-state index contributed by atoms with van der Waals surface area (Å²) < 4.78 is 63.1. The smallest absolute Gasteiger partial charge is 0.392 e. The average molecular weight is 415 g/mol. The van der Waals surface area contributed by atoms with Crippen molar-refractivity contribution in [1.82, 2.24) is 4.98 Å². The van der Waals surface area contributed by atoms with Gasteiger partial charge in [-0.2, -0.15) is 13.2 Å². The summed E-state index contributed by atoms with van der Waals surface area (Å²) >= 11 is 0. The number of esters is 1. The lowest BCUT2D eigenvalue weighted by Gasteiger charge is -2.28. The highest BCUT2D eigenvalue weighted by Gasteiger charge is 2.36. The van der Waals surface area contributed by atoms with E-state index in [-0.39, 0.29) is 36.6 Å². The molecule has 1 aliphatic heterocycles. The highest BCUT2D eigenvalue weighted by atomic mass is 31.0. The fraction of sp³-hybridized carbons (Fsp3) is 0.368. The molecule has 2 heterocycles. The molecule has 0 fully saturated rings. The molecule has 28 heavy (non-hydrogen) atoms. The van der Waals surface area contributed by atoms with Crippen LogP contribution in [0.15, 0.2) is 24.3 Å². The quantitative estimate of drug-likeness (QED) is 0.427. The summed E-state index contributed by atoms with van der Waals surface area (Å²) in [6.07, 6.45) is -6.27. The molecule has 150 valence electrons. The molecule has 2 unspecified atom stereocenters. The monoisotopic (exact) mass is 415 g/mol. The first-order chi connectivity index (χ1) is 13.2. The van der Waals surface area contributed by atoms with Crippen molar-refractivity contribution in [2.75, 3.05) is 6.61 Å². The van der Waals surface area contributed by atoms with Gasteiger partial charge in [-0.3, -0.25) is 0 Å². The van der Waals surface area contributed by atoms with Crippen LogP contribution in [0.3, 0.4) is 0 Å². The Balaban J connectivity index is 2.08. The number of hydrogen-bond donors (Lipinski definition) is 0. The maximum absolute atomic E-state index is 14.5. The minimum absolute atomic E-state index is 0.0876. The standard InChI is InChI=1S/C19H18F4NO3P/c1-2-26-18(25)16-8-14(12-6-4-11(28)7-15(12)20)13-5-3-10(9-19(21,22)23)27-17(13)24-16/h4,6-8,10H,2-3,5,9,28H2,1H3. The third kappa shape index (κ3) is 4.61. The zero-order chi connectivity index (χ0) is 20.5. The van der Waals surface area contributed by atoms with Gasteiger partial charge in [0.1, 0.15) is 11.9 Å². The van der Waals surface area contributed by atoms with Gasteiger partial charge in [-0.25, -0.2) is 14.2 Å². The molecule has 1 aliphatic rings. The summed E-state index contributed by atoms with van der Waals surface area (Å²) in [7, 11) is 2.38. The van der Waals surface area contributed by atoms with Gasteiger partial charge in [0.05, 0.1) is 13.0 Å². The second-order valence-corrected chi connectivity index (χ2v) is 7.06. The first-order valence-corrected chi connectivity index (χ1v) is 9.25. The van der Waals surface area contributed by atoms with E-state index in [2.05, 4.69) is 14.2 Å². The van der Waals surface area contributed by atoms with Gasteiger partial charge >= 0.3 is 12.1 Å². The molecule has 0 amide bonds. The van der Waals surface area contributed by atoms with Crippen molar-refractivity contribution in [2.24, 2.45) is 0 Å². The van der Waals surface area contributed by atoms with Crippen LogP contribution in [-0.2, 0) is 11.2 Å². The molecule has 0 aliphatic carbocycles. The first kappa shape index (κ1) is 20.5. The molecular weight excluding hydrogens is 397 g/mol. The highest BCUT2D eigenvalue weighted by Crippen LogP contribution is 2.38. The van der Waals surface area contributed by atoms with Crippen LogP contribution in [0.4, 0.5) is 17.6 Å². The van der Waals surface area contributed by atoms with Gasteiger partial charge in [-0.1, -0.05) is 12.1 Å². The van der Waals surface area contributed by atoms with Crippen molar-refractivity contribution in [3.63, 3.8) is 0 Å². The van der Waals surface area contributed by atoms with Crippen LogP contribution < -0.4 is 10.0 Å². The van der Waals surface area contributed by atoms with Crippen LogP contribution in [-0.4, -0.2) is 29.8 Å². The van der Waals surface area contributed by atoms with Gasteiger partial charge in [0.25, 0.3) is 0 Å². The number of nitrogens with zero attached hydrogens (tertiary/aromatic N) is 1. The van der Waals surface area contributed by atoms with Crippen LogP contribution in [0.5, 0.6) is 5.88 Å². The summed E-state index contributed by atoms with van der Waals surface area (Å²) in [6, 6.07) is 5.93. The molecule has 2 atom stereocenters. The number of ether oxygens (including phenoxy) is 2. The largest absolute Gasteiger partial charge is 0.474 e. The molecule has 9 heteroatoms. The highest BCUT2D eigenvalue weighted by molar-refractivity contribution is 7.27. The van der Waals surface area contributed by atoms with Crippen molar-refractivity contribution >= 4 is 20.5 Å². The van der Waals surface area contributed by atoms with Crippen molar-refractivity contribution < 1.29 is 31.8 Å². The number of carbonyl (C=O) groups excluding carboxylic acids is 1. The van der Waals surface area contributed by atoms with E-state index >= 15 is 0 Å². The maximum Gasteiger partial charge on any atom is 0.392 e. The van der Waals surface area contributed by atoms with Gasteiger partial charge in [0, 0.05) is 11.1 Å². The fourth-order valence-corrected chi connectivity index (χ4v) is 3.35. The lowest BCUT2D eigenvalue weighted by atomic mass is 9.93. The van der Waals surface area contributed by atoms with Crippen LogP contribution in [0.1, 0.15) is 35.8 Å². The molecule has 0 saturated heterocycles. The molecule has 2 aromatic rings. The third-order valence-corrected chi connectivity index (χ3v) is 4.67. The van der Waals surface area contributed by atoms with Gasteiger partial charge < -0.3 is 9.47 Å². The zero-order valence-electron chi connectivity index (χ0n) is 15.0. The zero-order valence-corrected chi connectivity index (χ0v) is 16.1.